The van der Waals surface area contributed by atoms with Crippen LogP contribution in [-0.4, -0.2) is 35.6 Å². The summed E-state index contributed by atoms with van der Waals surface area (Å²) in [6, 6.07) is 0. The minimum absolute atomic E-state index is 0.267. The fourth-order valence-electron chi connectivity index (χ4n) is 1.52. The Morgan fingerprint density at radius 2 is 1.75 bits per heavy atom. The zero-order valence-electron chi connectivity index (χ0n) is 7.57. The highest BCUT2D eigenvalue weighted by atomic mass is 16.5. The van der Waals surface area contributed by atoms with Gasteiger partial charge in [-0.3, -0.25) is 0 Å². The van der Waals surface area contributed by atoms with Crippen LogP contribution in [0.15, 0.2) is 0 Å². The van der Waals surface area contributed by atoms with Crippen molar-refractivity contribution in [2.24, 2.45) is 5.92 Å². The molecule has 3 heteroatoms. The Morgan fingerprint density at radius 3 is 2.50 bits per heavy atom. The van der Waals surface area contributed by atoms with Gasteiger partial charge < -0.3 is 14.9 Å². The van der Waals surface area contributed by atoms with Gasteiger partial charge in [-0.05, 0) is 25.2 Å². The van der Waals surface area contributed by atoms with Gasteiger partial charge in [0, 0.05) is 6.61 Å². The van der Waals surface area contributed by atoms with Crippen LogP contribution in [0.1, 0.15) is 26.2 Å². The summed E-state index contributed by atoms with van der Waals surface area (Å²) < 4.78 is 5.27. The minimum Gasteiger partial charge on any atom is -0.393 e. The Morgan fingerprint density at radius 1 is 1.08 bits per heavy atom. The number of ether oxygens (including phenoxy) is 1. The van der Waals surface area contributed by atoms with Crippen molar-refractivity contribution in [3.63, 3.8) is 0 Å². The van der Waals surface area contributed by atoms with E-state index in [2.05, 4.69) is 6.92 Å². The van der Waals surface area contributed by atoms with Crippen molar-refractivity contribution in [1.29, 1.82) is 0 Å². The molecule has 0 aliphatic carbocycles. The molecule has 0 aromatic rings. The third-order valence-electron chi connectivity index (χ3n) is 2.22. The van der Waals surface area contributed by atoms with Crippen molar-refractivity contribution >= 4 is 0 Å². The van der Waals surface area contributed by atoms with E-state index in [1.165, 1.54) is 0 Å². The van der Waals surface area contributed by atoms with Crippen molar-refractivity contribution in [2.75, 3.05) is 13.2 Å². The van der Waals surface area contributed by atoms with Crippen molar-refractivity contribution in [3.05, 3.63) is 0 Å². The standard InChI is InChI=1S/C9H18O3/c1-7-4-8(10)2-3-9(11)6-12-5-7/h7-11H,2-6H2,1H3. The summed E-state index contributed by atoms with van der Waals surface area (Å²) in [5.41, 5.74) is 0. The molecule has 12 heavy (non-hydrogen) atoms. The average molecular weight is 174 g/mol. The number of hydrogen-bond donors (Lipinski definition) is 2. The molecule has 0 aromatic carbocycles. The minimum atomic E-state index is -0.398. The van der Waals surface area contributed by atoms with Crippen LogP contribution < -0.4 is 0 Å². The fraction of sp³-hybridized carbons (Fsp3) is 1.00. The first-order valence-electron chi connectivity index (χ1n) is 4.62. The second kappa shape index (κ2) is 4.80. The highest BCUT2D eigenvalue weighted by molar-refractivity contribution is 4.67. The largest absolute Gasteiger partial charge is 0.393 e. The van der Waals surface area contributed by atoms with Gasteiger partial charge in [0.2, 0.25) is 0 Å². The van der Waals surface area contributed by atoms with Gasteiger partial charge in [0.05, 0.1) is 18.8 Å². The first-order chi connectivity index (χ1) is 5.68. The van der Waals surface area contributed by atoms with Crippen LogP contribution in [0.3, 0.4) is 0 Å². The molecule has 1 rings (SSSR count). The normalized spacial score (nSPS) is 39.8. The molecule has 0 amide bonds. The third-order valence-corrected chi connectivity index (χ3v) is 2.22. The predicted octanol–water partition coefficient (Wildman–Crippen LogP) is 0.545. The van der Waals surface area contributed by atoms with E-state index in [-0.39, 0.29) is 6.10 Å². The van der Waals surface area contributed by atoms with E-state index in [1.807, 2.05) is 0 Å². The summed E-state index contributed by atoms with van der Waals surface area (Å²) in [6.07, 6.45) is 1.46. The summed E-state index contributed by atoms with van der Waals surface area (Å²) in [6.45, 7) is 3.12. The second-order valence-electron chi connectivity index (χ2n) is 3.76. The van der Waals surface area contributed by atoms with Crippen molar-refractivity contribution in [3.8, 4) is 0 Å². The number of aliphatic hydroxyl groups excluding tert-OH is 2. The van der Waals surface area contributed by atoms with Crippen LogP contribution in [-0.2, 0) is 4.74 Å². The molecule has 3 unspecified atom stereocenters. The van der Waals surface area contributed by atoms with E-state index in [4.69, 9.17) is 4.74 Å². The predicted molar refractivity (Wildman–Crippen MR) is 45.8 cm³/mol. The molecule has 1 heterocycles. The van der Waals surface area contributed by atoms with Crippen LogP contribution in [0, 0.1) is 5.92 Å². The Kier molecular flexibility index (Phi) is 3.98. The molecule has 1 fully saturated rings. The monoisotopic (exact) mass is 174 g/mol. The quantitative estimate of drug-likeness (QED) is 0.563. The zero-order valence-corrected chi connectivity index (χ0v) is 7.57. The number of rotatable bonds is 0. The molecule has 2 N–H and O–H groups in total. The van der Waals surface area contributed by atoms with Crippen LogP contribution in [0.5, 0.6) is 0 Å². The lowest BCUT2D eigenvalue weighted by atomic mass is 10.0. The second-order valence-corrected chi connectivity index (χ2v) is 3.76. The van der Waals surface area contributed by atoms with Crippen LogP contribution in [0.4, 0.5) is 0 Å². The van der Waals surface area contributed by atoms with E-state index in [0.717, 1.165) is 6.42 Å². The highest BCUT2D eigenvalue weighted by Crippen LogP contribution is 2.14. The Labute approximate surface area is 73.4 Å². The van der Waals surface area contributed by atoms with Gasteiger partial charge in [0.25, 0.3) is 0 Å². The first-order valence-corrected chi connectivity index (χ1v) is 4.62. The molecule has 1 saturated heterocycles. The lowest BCUT2D eigenvalue weighted by Crippen LogP contribution is -2.16. The first kappa shape index (κ1) is 9.96. The van der Waals surface area contributed by atoms with Gasteiger partial charge in [-0.15, -0.1) is 0 Å². The molecule has 3 nitrogen and oxygen atoms in total. The Hall–Kier alpha value is -0.120. The molecule has 0 spiro atoms. The lowest BCUT2D eigenvalue weighted by molar-refractivity contribution is 0.0243. The Balaban J connectivity index is 2.36. The van der Waals surface area contributed by atoms with E-state index in [0.29, 0.717) is 32.0 Å². The smallest absolute Gasteiger partial charge is 0.0774 e. The number of aliphatic hydroxyl groups is 2. The topological polar surface area (TPSA) is 49.7 Å². The molecule has 0 saturated carbocycles. The fourth-order valence-corrected chi connectivity index (χ4v) is 1.52. The van der Waals surface area contributed by atoms with Crippen LogP contribution >= 0.6 is 0 Å². The summed E-state index contributed by atoms with van der Waals surface area (Å²) in [4.78, 5) is 0. The SMILES string of the molecule is CC1COCC(O)CCC(O)C1. The molecule has 0 radical (unpaired) electrons. The Bertz CT molecular complexity index is 127. The van der Waals surface area contributed by atoms with Gasteiger partial charge in [-0.25, -0.2) is 0 Å². The summed E-state index contributed by atoms with van der Waals surface area (Å²) in [7, 11) is 0. The maximum atomic E-state index is 9.46. The third kappa shape index (κ3) is 3.52. The van der Waals surface area contributed by atoms with E-state index < -0.39 is 6.10 Å². The van der Waals surface area contributed by atoms with Crippen molar-refractivity contribution in [1.82, 2.24) is 0 Å². The summed E-state index contributed by atoms with van der Waals surface area (Å²) >= 11 is 0. The van der Waals surface area contributed by atoms with Crippen molar-refractivity contribution < 1.29 is 14.9 Å². The molecule has 0 aromatic heterocycles. The molecule has 3 atom stereocenters. The molecule has 1 aliphatic rings. The van der Waals surface area contributed by atoms with E-state index in [9.17, 15) is 10.2 Å². The van der Waals surface area contributed by atoms with E-state index in [1.54, 1.807) is 0 Å². The lowest BCUT2D eigenvalue weighted by Gasteiger charge is -2.13. The van der Waals surface area contributed by atoms with Gasteiger partial charge in [-0.2, -0.15) is 0 Å². The van der Waals surface area contributed by atoms with Crippen LogP contribution in [0.2, 0.25) is 0 Å². The van der Waals surface area contributed by atoms with Crippen molar-refractivity contribution in [2.45, 2.75) is 38.4 Å². The molecular weight excluding hydrogens is 156 g/mol. The van der Waals surface area contributed by atoms with Gasteiger partial charge in [-0.1, -0.05) is 6.92 Å². The number of hydrogen-bond acceptors (Lipinski definition) is 3. The average Bonchev–Trinajstić information content (AvgIpc) is 2.05. The summed E-state index contributed by atoms with van der Waals surface area (Å²) in [5.74, 6) is 0.394. The highest BCUT2D eigenvalue weighted by Gasteiger charge is 2.16. The zero-order chi connectivity index (χ0) is 8.97. The maximum Gasteiger partial charge on any atom is 0.0774 e. The molecule has 0 bridgehead atoms. The van der Waals surface area contributed by atoms with E-state index >= 15 is 0 Å². The molecule has 1 aliphatic heterocycles. The van der Waals surface area contributed by atoms with Gasteiger partial charge in [0.15, 0.2) is 0 Å². The maximum absolute atomic E-state index is 9.46. The summed E-state index contributed by atoms with van der Waals surface area (Å²) in [5, 5.41) is 18.8. The van der Waals surface area contributed by atoms with Gasteiger partial charge >= 0.3 is 0 Å². The van der Waals surface area contributed by atoms with Gasteiger partial charge in [0.1, 0.15) is 0 Å². The molecular formula is C9H18O3. The molecule has 72 valence electrons. The van der Waals surface area contributed by atoms with Crippen LogP contribution in [0.25, 0.3) is 0 Å².